The monoisotopic (exact) mass is 521 g/mol. The molecule has 6 rings (SSSR count). The standard InChI is InChI=1S/C31H47N5O2/c37-29(34-20-13-26(14-21-34)33-16-2-1-3-17-33)12-4-11-28-27-10-7-19-35-18-6-9-25(30(27)35)23-36(28)31(38)24-8-5-15-32-22-24/h5,8,15,22,25-28,30H,1-4,6-7,9-14,16-21,23H2/t25-,27+,28+,30-/m0/s1. The minimum absolute atomic E-state index is 0.135. The van der Waals surface area contributed by atoms with Crippen LogP contribution in [0.15, 0.2) is 24.5 Å². The van der Waals surface area contributed by atoms with E-state index in [9.17, 15) is 9.59 Å². The summed E-state index contributed by atoms with van der Waals surface area (Å²) in [6, 6.07) is 5.29. The molecule has 0 spiro atoms. The third kappa shape index (κ3) is 5.51. The van der Waals surface area contributed by atoms with Gasteiger partial charge in [-0.25, -0.2) is 0 Å². The number of piperidine rings is 5. The number of carbonyl (C=O) groups excluding carboxylic acids is 2. The second-order valence-electron chi connectivity index (χ2n) is 12.6. The summed E-state index contributed by atoms with van der Waals surface area (Å²) in [5.74, 6) is 1.56. The van der Waals surface area contributed by atoms with Gasteiger partial charge in [0.15, 0.2) is 0 Å². The Labute approximate surface area is 228 Å². The number of nitrogens with zero attached hydrogens (tertiary/aromatic N) is 5. The van der Waals surface area contributed by atoms with E-state index in [1.165, 1.54) is 71.1 Å². The molecule has 5 aliphatic rings. The zero-order valence-electron chi connectivity index (χ0n) is 23.2. The van der Waals surface area contributed by atoms with Gasteiger partial charge in [-0.15, -0.1) is 0 Å². The van der Waals surface area contributed by atoms with Crippen LogP contribution in [-0.4, -0.2) is 100 Å². The van der Waals surface area contributed by atoms with Gasteiger partial charge in [0.2, 0.25) is 5.91 Å². The average Bonchev–Trinajstić information content (AvgIpc) is 2.99. The molecule has 208 valence electrons. The van der Waals surface area contributed by atoms with Crippen LogP contribution in [0.25, 0.3) is 0 Å². The normalized spacial score (nSPS) is 31.2. The van der Waals surface area contributed by atoms with E-state index in [0.29, 0.717) is 41.8 Å². The average molecular weight is 522 g/mol. The summed E-state index contributed by atoms with van der Waals surface area (Å²) in [6.07, 6.45) is 17.1. The quantitative estimate of drug-likeness (QED) is 0.566. The minimum atomic E-state index is 0.135. The maximum absolute atomic E-state index is 13.7. The second kappa shape index (κ2) is 12.0. The van der Waals surface area contributed by atoms with Gasteiger partial charge in [-0.05, 0) is 114 Å². The Morgan fingerprint density at radius 1 is 0.868 bits per heavy atom. The van der Waals surface area contributed by atoms with Crippen molar-refractivity contribution in [3.63, 3.8) is 0 Å². The number of likely N-dealkylation sites (tertiary alicyclic amines) is 3. The Kier molecular flexibility index (Phi) is 8.31. The van der Waals surface area contributed by atoms with Crippen LogP contribution in [0.5, 0.6) is 0 Å². The summed E-state index contributed by atoms with van der Waals surface area (Å²) < 4.78 is 0. The Bertz CT molecular complexity index is 941. The van der Waals surface area contributed by atoms with E-state index in [-0.39, 0.29) is 11.9 Å². The Hall–Kier alpha value is -1.99. The van der Waals surface area contributed by atoms with E-state index in [1.807, 2.05) is 12.1 Å². The number of hydrogen-bond donors (Lipinski definition) is 0. The molecule has 6 heterocycles. The topological polar surface area (TPSA) is 60.0 Å². The smallest absolute Gasteiger partial charge is 0.255 e. The molecule has 7 nitrogen and oxygen atoms in total. The van der Waals surface area contributed by atoms with Crippen molar-refractivity contribution in [2.24, 2.45) is 11.8 Å². The maximum atomic E-state index is 13.7. The molecule has 0 N–H and O–H groups in total. The fraction of sp³-hybridized carbons (Fsp3) is 0.774. The van der Waals surface area contributed by atoms with Gasteiger partial charge >= 0.3 is 0 Å². The number of amides is 2. The van der Waals surface area contributed by atoms with Gasteiger partial charge in [-0.3, -0.25) is 19.5 Å². The van der Waals surface area contributed by atoms with Crippen LogP contribution in [0.2, 0.25) is 0 Å². The van der Waals surface area contributed by atoms with Crippen LogP contribution < -0.4 is 0 Å². The van der Waals surface area contributed by atoms with Crippen LogP contribution in [0, 0.1) is 11.8 Å². The number of aromatic nitrogens is 1. The molecule has 1 aromatic heterocycles. The van der Waals surface area contributed by atoms with Crippen LogP contribution >= 0.6 is 0 Å². The molecule has 0 bridgehead atoms. The van der Waals surface area contributed by atoms with Gasteiger partial charge in [0.1, 0.15) is 0 Å². The van der Waals surface area contributed by atoms with Crippen molar-refractivity contribution in [1.82, 2.24) is 24.6 Å². The summed E-state index contributed by atoms with van der Waals surface area (Å²) in [7, 11) is 0. The molecule has 0 aliphatic carbocycles. The first-order valence-electron chi connectivity index (χ1n) is 15.7. The fourth-order valence-electron chi connectivity index (χ4n) is 8.64. The lowest BCUT2D eigenvalue weighted by Crippen LogP contribution is -2.65. The summed E-state index contributed by atoms with van der Waals surface area (Å²) >= 11 is 0. The lowest BCUT2D eigenvalue weighted by atomic mass is 9.69. The van der Waals surface area contributed by atoms with Crippen molar-refractivity contribution in [2.45, 2.75) is 95.2 Å². The summed E-state index contributed by atoms with van der Waals surface area (Å²) in [4.78, 5) is 40.9. The highest BCUT2D eigenvalue weighted by Gasteiger charge is 2.49. The Balaban J connectivity index is 1.08. The number of carbonyl (C=O) groups is 2. The first-order chi connectivity index (χ1) is 18.7. The molecule has 0 saturated carbocycles. The van der Waals surface area contributed by atoms with Crippen LogP contribution in [0.4, 0.5) is 0 Å². The van der Waals surface area contributed by atoms with Crippen LogP contribution in [0.1, 0.15) is 87.4 Å². The van der Waals surface area contributed by atoms with Gasteiger partial charge in [-0.1, -0.05) is 6.42 Å². The third-order valence-electron chi connectivity index (χ3n) is 10.5. The first kappa shape index (κ1) is 26.2. The lowest BCUT2D eigenvalue weighted by Gasteiger charge is -2.57. The van der Waals surface area contributed by atoms with Crippen molar-refractivity contribution in [1.29, 1.82) is 0 Å². The summed E-state index contributed by atoms with van der Waals surface area (Å²) in [5, 5.41) is 0. The molecular formula is C31H47N5O2. The van der Waals surface area contributed by atoms with Crippen molar-refractivity contribution in [2.75, 3.05) is 45.8 Å². The largest absolute Gasteiger partial charge is 0.343 e. The first-order valence-corrected chi connectivity index (χ1v) is 15.7. The van der Waals surface area contributed by atoms with Gasteiger partial charge in [-0.2, -0.15) is 0 Å². The molecule has 0 unspecified atom stereocenters. The molecule has 5 aliphatic heterocycles. The van der Waals surface area contributed by atoms with Crippen molar-refractivity contribution in [3.05, 3.63) is 30.1 Å². The van der Waals surface area contributed by atoms with Crippen molar-refractivity contribution < 1.29 is 9.59 Å². The van der Waals surface area contributed by atoms with Crippen LogP contribution in [-0.2, 0) is 4.79 Å². The molecule has 5 fully saturated rings. The van der Waals surface area contributed by atoms with E-state index < -0.39 is 0 Å². The molecular weight excluding hydrogens is 474 g/mol. The van der Waals surface area contributed by atoms with Gasteiger partial charge in [0, 0.05) is 56.6 Å². The van der Waals surface area contributed by atoms with E-state index >= 15 is 0 Å². The zero-order chi connectivity index (χ0) is 25.9. The molecule has 0 aromatic carbocycles. The van der Waals surface area contributed by atoms with Crippen molar-refractivity contribution in [3.8, 4) is 0 Å². The van der Waals surface area contributed by atoms with E-state index in [4.69, 9.17) is 0 Å². The number of hydrogen-bond acceptors (Lipinski definition) is 5. The lowest BCUT2D eigenvalue weighted by molar-refractivity contribution is -0.133. The van der Waals surface area contributed by atoms with Gasteiger partial charge in [0.25, 0.3) is 5.91 Å². The van der Waals surface area contributed by atoms with Crippen LogP contribution in [0.3, 0.4) is 0 Å². The van der Waals surface area contributed by atoms with E-state index in [0.717, 1.165) is 45.3 Å². The van der Waals surface area contributed by atoms with E-state index in [1.54, 1.807) is 12.4 Å². The number of rotatable bonds is 6. The minimum Gasteiger partial charge on any atom is -0.343 e. The summed E-state index contributed by atoms with van der Waals surface area (Å²) in [5.41, 5.74) is 0.701. The predicted molar refractivity (Wildman–Crippen MR) is 149 cm³/mol. The highest BCUT2D eigenvalue weighted by molar-refractivity contribution is 5.94. The predicted octanol–water partition coefficient (Wildman–Crippen LogP) is 4.04. The van der Waals surface area contributed by atoms with Gasteiger partial charge in [0.05, 0.1) is 5.56 Å². The number of pyridine rings is 1. The summed E-state index contributed by atoms with van der Waals surface area (Å²) in [6.45, 7) is 7.60. The molecule has 2 amide bonds. The molecule has 1 aromatic rings. The fourth-order valence-corrected chi connectivity index (χ4v) is 8.64. The molecule has 7 heteroatoms. The SMILES string of the molecule is O=C(CCC[C@@H]1[C@H]2CCCN3CCC[C@@H](CN1C(=O)c1cccnc1)[C@@H]23)N1CCC(N2CCCCC2)CC1. The Morgan fingerprint density at radius 2 is 1.63 bits per heavy atom. The highest BCUT2D eigenvalue weighted by Crippen LogP contribution is 2.43. The highest BCUT2D eigenvalue weighted by atomic mass is 16.2. The molecule has 38 heavy (non-hydrogen) atoms. The molecule has 4 atom stereocenters. The van der Waals surface area contributed by atoms with E-state index in [2.05, 4.69) is 24.6 Å². The molecule has 5 saturated heterocycles. The maximum Gasteiger partial charge on any atom is 0.255 e. The van der Waals surface area contributed by atoms with Crippen molar-refractivity contribution >= 4 is 11.8 Å². The third-order valence-corrected chi connectivity index (χ3v) is 10.5. The zero-order valence-corrected chi connectivity index (χ0v) is 23.2. The second-order valence-corrected chi connectivity index (χ2v) is 12.6. The Morgan fingerprint density at radius 3 is 2.39 bits per heavy atom. The van der Waals surface area contributed by atoms with Gasteiger partial charge < -0.3 is 14.7 Å². The molecule has 0 radical (unpaired) electrons.